The van der Waals surface area contributed by atoms with Gasteiger partial charge in [0, 0.05) is 19.4 Å². The highest BCUT2D eigenvalue weighted by Gasteiger charge is 2.27. The molecule has 2 amide bonds. The number of amides is 2. The summed E-state index contributed by atoms with van der Waals surface area (Å²) in [6.45, 7) is 7.93. The molecule has 0 heterocycles. The van der Waals surface area contributed by atoms with E-state index in [0.29, 0.717) is 32.2 Å². The summed E-state index contributed by atoms with van der Waals surface area (Å²) in [5.41, 5.74) is 4.77. The van der Waals surface area contributed by atoms with Crippen molar-refractivity contribution in [1.82, 2.24) is 10.6 Å². The number of hydrogen-bond donors (Lipinski definition) is 4. The zero-order valence-corrected chi connectivity index (χ0v) is 25.9. The molecular formula is C31H59N3O6. The normalized spacial score (nSPS) is 12.9. The third kappa shape index (κ3) is 23.7. The van der Waals surface area contributed by atoms with Crippen LogP contribution in [0.25, 0.3) is 0 Å². The molecule has 0 aromatic rings. The molecule has 0 fully saturated rings. The number of nitrogens with one attached hydrogen (secondary N) is 2. The summed E-state index contributed by atoms with van der Waals surface area (Å²) < 4.78 is 5.46. The maximum atomic E-state index is 12.7. The highest BCUT2D eigenvalue weighted by Crippen LogP contribution is 2.14. The number of carboxylic acid groups (broad SMARTS) is 1. The Balaban J connectivity index is 4.23. The Labute approximate surface area is 243 Å². The molecule has 0 unspecified atom stereocenters. The van der Waals surface area contributed by atoms with Gasteiger partial charge in [-0.25, -0.2) is 4.79 Å². The number of hydrogen-bond acceptors (Lipinski definition) is 6. The second kappa shape index (κ2) is 23.5. The van der Waals surface area contributed by atoms with Crippen molar-refractivity contribution in [2.24, 2.45) is 5.73 Å². The summed E-state index contributed by atoms with van der Waals surface area (Å²) in [4.78, 5) is 48.2. The Hall–Kier alpha value is -2.16. The van der Waals surface area contributed by atoms with Crippen molar-refractivity contribution >= 4 is 23.8 Å². The van der Waals surface area contributed by atoms with Crippen LogP contribution in [0.2, 0.25) is 0 Å². The fourth-order valence-electron chi connectivity index (χ4n) is 4.40. The average molecular weight is 570 g/mol. The molecular weight excluding hydrogens is 510 g/mol. The first-order chi connectivity index (χ1) is 19.0. The minimum Gasteiger partial charge on any atom is -0.480 e. The van der Waals surface area contributed by atoms with Gasteiger partial charge >= 0.3 is 11.9 Å². The van der Waals surface area contributed by atoms with Crippen molar-refractivity contribution in [3.63, 3.8) is 0 Å². The Kier molecular flexibility index (Phi) is 22.3. The highest BCUT2D eigenvalue weighted by molar-refractivity contribution is 5.85. The lowest BCUT2D eigenvalue weighted by atomic mass is 10.0. The fraction of sp³-hybridized carbons (Fsp3) is 0.871. The summed E-state index contributed by atoms with van der Waals surface area (Å²) in [7, 11) is 0. The average Bonchev–Trinajstić information content (AvgIpc) is 2.87. The lowest BCUT2D eigenvalue weighted by molar-refractivity contribution is -0.159. The van der Waals surface area contributed by atoms with Crippen LogP contribution in [0.4, 0.5) is 0 Å². The van der Waals surface area contributed by atoms with E-state index in [0.717, 1.165) is 19.3 Å². The van der Waals surface area contributed by atoms with E-state index in [1.165, 1.54) is 64.2 Å². The van der Waals surface area contributed by atoms with E-state index < -0.39 is 29.6 Å². The molecule has 234 valence electrons. The molecule has 9 heteroatoms. The van der Waals surface area contributed by atoms with E-state index in [1.54, 1.807) is 20.8 Å². The highest BCUT2D eigenvalue weighted by atomic mass is 16.6. The molecule has 0 radical (unpaired) electrons. The van der Waals surface area contributed by atoms with Gasteiger partial charge in [0.25, 0.3) is 0 Å². The number of aliphatic carboxylic acids is 1. The zero-order valence-electron chi connectivity index (χ0n) is 25.9. The summed E-state index contributed by atoms with van der Waals surface area (Å²) in [5, 5.41) is 14.3. The lowest BCUT2D eigenvalue weighted by Gasteiger charge is -2.24. The molecule has 2 atom stereocenters. The van der Waals surface area contributed by atoms with E-state index in [-0.39, 0.29) is 24.7 Å². The van der Waals surface area contributed by atoms with Crippen LogP contribution in [-0.2, 0) is 23.9 Å². The van der Waals surface area contributed by atoms with Crippen molar-refractivity contribution in [1.29, 1.82) is 0 Å². The third-order valence-corrected chi connectivity index (χ3v) is 6.78. The summed E-state index contributed by atoms with van der Waals surface area (Å²) in [6.07, 6.45) is 18.1. The minimum absolute atomic E-state index is 0.0670. The first-order valence-corrected chi connectivity index (χ1v) is 15.7. The van der Waals surface area contributed by atoms with Crippen molar-refractivity contribution in [3.8, 4) is 0 Å². The first kappa shape index (κ1) is 37.8. The van der Waals surface area contributed by atoms with Gasteiger partial charge in [-0.3, -0.25) is 14.4 Å². The second-order valence-corrected chi connectivity index (χ2v) is 12.0. The number of carbonyl (C=O) groups is 4. The van der Waals surface area contributed by atoms with Gasteiger partial charge in [0.2, 0.25) is 11.8 Å². The topological polar surface area (TPSA) is 148 Å². The van der Waals surface area contributed by atoms with Crippen LogP contribution in [0, 0.1) is 0 Å². The standard InChI is InChI=1S/C31H59N3O6/c1-5-6-7-8-9-10-11-12-13-14-15-16-17-21-28(36)34-26(30(39)40-31(2,3)4)22-23-27(35)33-24-19-18-20-25(32)29(37)38/h25-26H,5-24,32H2,1-4H3,(H,33,35)(H,34,36)(H,37,38)/t25-,26-/m0/s1. The molecule has 9 nitrogen and oxygen atoms in total. The molecule has 0 aliphatic heterocycles. The molecule has 0 saturated carbocycles. The monoisotopic (exact) mass is 569 g/mol. The second-order valence-electron chi connectivity index (χ2n) is 12.0. The van der Waals surface area contributed by atoms with E-state index in [1.807, 2.05) is 0 Å². The molecule has 0 aromatic heterocycles. The molecule has 0 aliphatic rings. The maximum absolute atomic E-state index is 12.7. The number of rotatable bonds is 25. The SMILES string of the molecule is CCCCCCCCCCCCCCCC(=O)N[C@@H](CCC(=O)NCCCC[C@H](N)C(=O)O)C(=O)OC(C)(C)C. The number of nitrogens with two attached hydrogens (primary N) is 1. The summed E-state index contributed by atoms with van der Waals surface area (Å²) in [6, 6.07) is -1.78. The molecule has 0 rings (SSSR count). The van der Waals surface area contributed by atoms with Gasteiger partial charge in [-0.15, -0.1) is 0 Å². The number of carboxylic acids is 1. The number of ether oxygens (including phenoxy) is 1. The van der Waals surface area contributed by atoms with Crippen molar-refractivity contribution in [3.05, 3.63) is 0 Å². The van der Waals surface area contributed by atoms with Gasteiger partial charge in [0.1, 0.15) is 17.7 Å². The van der Waals surface area contributed by atoms with Crippen molar-refractivity contribution in [2.45, 2.75) is 167 Å². The van der Waals surface area contributed by atoms with Crippen LogP contribution in [0.3, 0.4) is 0 Å². The van der Waals surface area contributed by atoms with Crippen LogP contribution in [0.15, 0.2) is 0 Å². The van der Waals surface area contributed by atoms with Gasteiger partial charge in [0.05, 0.1) is 0 Å². The van der Waals surface area contributed by atoms with Crippen LogP contribution < -0.4 is 16.4 Å². The lowest BCUT2D eigenvalue weighted by Crippen LogP contribution is -2.44. The molecule has 0 aliphatic carbocycles. The van der Waals surface area contributed by atoms with E-state index in [9.17, 15) is 19.2 Å². The van der Waals surface area contributed by atoms with E-state index >= 15 is 0 Å². The van der Waals surface area contributed by atoms with Crippen LogP contribution in [-0.4, -0.2) is 53.1 Å². The van der Waals surface area contributed by atoms with Gasteiger partial charge in [-0.1, -0.05) is 84.0 Å². The van der Waals surface area contributed by atoms with Gasteiger partial charge in [-0.05, 0) is 52.9 Å². The van der Waals surface area contributed by atoms with E-state index in [2.05, 4.69) is 17.6 Å². The quantitative estimate of drug-likeness (QED) is 0.0805. The number of unbranched alkanes of at least 4 members (excludes halogenated alkanes) is 13. The summed E-state index contributed by atoms with van der Waals surface area (Å²) in [5.74, 6) is -2.01. The molecule has 0 bridgehead atoms. The number of carbonyl (C=O) groups excluding carboxylic acids is 3. The fourth-order valence-corrected chi connectivity index (χ4v) is 4.40. The molecule has 0 aromatic carbocycles. The van der Waals surface area contributed by atoms with Crippen LogP contribution >= 0.6 is 0 Å². The minimum atomic E-state index is -1.03. The smallest absolute Gasteiger partial charge is 0.329 e. The molecule has 0 saturated heterocycles. The van der Waals surface area contributed by atoms with E-state index in [4.69, 9.17) is 15.6 Å². The summed E-state index contributed by atoms with van der Waals surface area (Å²) >= 11 is 0. The largest absolute Gasteiger partial charge is 0.480 e. The molecule has 0 spiro atoms. The van der Waals surface area contributed by atoms with Crippen molar-refractivity contribution < 1.29 is 29.0 Å². The predicted molar refractivity (Wildman–Crippen MR) is 160 cm³/mol. The Morgan fingerprint density at radius 3 is 1.75 bits per heavy atom. The van der Waals surface area contributed by atoms with Gasteiger partial charge < -0.3 is 26.2 Å². The van der Waals surface area contributed by atoms with Crippen molar-refractivity contribution in [2.75, 3.05) is 6.54 Å². The Morgan fingerprint density at radius 1 is 0.725 bits per heavy atom. The third-order valence-electron chi connectivity index (χ3n) is 6.78. The van der Waals surface area contributed by atoms with Gasteiger partial charge in [-0.2, -0.15) is 0 Å². The molecule has 40 heavy (non-hydrogen) atoms. The first-order valence-electron chi connectivity index (χ1n) is 15.7. The predicted octanol–water partition coefficient (Wildman–Crippen LogP) is 5.77. The van der Waals surface area contributed by atoms with Crippen LogP contribution in [0.1, 0.15) is 150 Å². The molecule has 5 N–H and O–H groups in total. The Morgan fingerprint density at radius 2 is 1.25 bits per heavy atom. The Bertz CT molecular complexity index is 708. The maximum Gasteiger partial charge on any atom is 0.329 e. The van der Waals surface area contributed by atoms with Gasteiger partial charge in [0.15, 0.2) is 0 Å². The zero-order chi connectivity index (χ0) is 30.2. The van der Waals surface area contributed by atoms with Crippen LogP contribution in [0.5, 0.6) is 0 Å². The number of esters is 1.